The molecule has 0 aromatic heterocycles. The van der Waals surface area contributed by atoms with Gasteiger partial charge in [0.2, 0.25) is 0 Å². The van der Waals surface area contributed by atoms with Gasteiger partial charge in [-0.3, -0.25) is 4.79 Å². The fourth-order valence-corrected chi connectivity index (χ4v) is 3.80. The molecule has 0 spiro atoms. The summed E-state index contributed by atoms with van der Waals surface area (Å²) in [5.74, 6) is -0.453. The maximum atomic E-state index is 12.2. The van der Waals surface area contributed by atoms with Crippen LogP contribution in [0.2, 0.25) is 0 Å². The lowest BCUT2D eigenvalue weighted by atomic mass is 10.2. The third-order valence-corrected chi connectivity index (χ3v) is 4.77. The molecule has 6 nitrogen and oxygen atoms in total. The fraction of sp³-hybridized carbons (Fsp3) is 0.917. The minimum Gasteiger partial charge on any atom is -0.459 e. The van der Waals surface area contributed by atoms with Gasteiger partial charge in [-0.25, -0.2) is 0 Å². The van der Waals surface area contributed by atoms with Crippen molar-refractivity contribution in [2.45, 2.75) is 64.1 Å². The van der Waals surface area contributed by atoms with Crippen LogP contribution >= 0.6 is 0 Å². The van der Waals surface area contributed by atoms with Crippen LogP contribution in [0.15, 0.2) is 0 Å². The second kappa shape index (κ2) is 5.03. The van der Waals surface area contributed by atoms with Crippen LogP contribution in [0.5, 0.6) is 0 Å². The maximum Gasteiger partial charge on any atom is 0.325 e. The number of hydrogen-bond donors (Lipinski definition) is 1. The molecule has 2 fully saturated rings. The maximum absolute atomic E-state index is 12.2. The first kappa shape index (κ1) is 14.7. The molecule has 0 radical (unpaired) electrons. The fourth-order valence-electron chi connectivity index (χ4n) is 2.11. The van der Waals surface area contributed by atoms with Crippen LogP contribution < -0.4 is 4.72 Å². The van der Waals surface area contributed by atoms with Crippen LogP contribution in [-0.4, -0.2) is 42.9 Å². The average molecular weight is 290 g/mol. The van der Waals surface area contributed by atoms with E-state index in [4.69, 9.17) is 4.74 Å². The van der Waals surface area contributed by atoms with E-state index in [0.29, 0.717) is 19.4 Å². The van der Waals surface area contributed by atoms with E-state index in [-0.39, 0.29) is 6.04 Å². The molecule has 2 aliphatic rings. The molecular weight excluding hydrogens is 268 g/mol. The lowest BCUT2D eigenvalue weighted by molar-refractivity contribution is -0.158. The number of esters is 1. The van der Waals surface area contributed by atoms with E-state index in [9.17, 15) is 13.2 Å². The van der Waals surface area contributed by atoms with Crippen LogP contribution in [0.1, 0.15) is 46.5 Å². The second-order valence-corrected chi connectivity index (χ2v) is 7.85. The highest BCUT2D eigenvalue weighted by molar-refractivity contribution is 7.87. The topological polar surface area (TPSA) is 75.7 Å². The van der Waals surface area contributed by atoms with Crippen LogP contribution in [0, 0.1) is 0 Å². The number of carbonyl (C=O) groups excluding carboxylic acids is 1. The highest BCUT2D eigenvalue weighted by Gasteiger charge is 2.42. The van der Waals surface area contributed by atoms with Gasteiger partial charge < -0.3 is 4.74 Å². The van der Waals surface area contributed by atoms with Crippen molar-refractivity contribution in [1.82, 2.24) is 9.03 Å². The van der Waals surface area contributed by atoms with E-state index in [1.165, 1.54) is 4.31 Å². The van der Waals surface area contributed by atoms with Gasteiger partial charge in [0.15, 0.2) is 0 Å². The van der Waals surface area contributed by atoms with Gasteiger partial charge in [-0.1, -0.05) is 0 Å². The molecule has 0 unspecified atom stereocenters. The molecule has 2 rings (SSSR count). The predicted molar refractivity (Wildman–Crippen MR) is 70.7 cm³/mol. The molecule has 0 aromatic rings. The normalized spacial score (nSPS) is 25.5. The summed E-state index contributed by atoms with van der Waals surface area (Å²) in [4.78, 5) is 12.1. The lowest BCUT2D eigenvalue weighted by Crippen LogP contribution is -2.48. The molecule has 1 saturated carbocycles. The van der Waals surface area contributed by atoms with Gasteiger partial charge in [0.1, 0.15) is 11.6 Å². The van der Waals surface area contributed by atoms with Crippen LogP contribution in [-0.2, 0) is 19.7 Å². The third-order valence-electron chi connectivity index (χ3n) is 3.08. The molecule has 19 heavy (non-hydrogen) atoms. The van der Waals surface area contributed by atoms with Crippen molar-refractivity contribution in [3.05, 3.63) is 0 Å². The monoisotopic (exact) mass is 290 g/mol. The molecule has 1 aliphatic heterocycles. The summed E-state index contributed by atoms with van der Waals surface area (Å²) < 4.78 is 33.5. The van der Waals surface area contributed by atoms with E-state index < -0.39 is 27.8 Å². The van der Waals surface area contributed by atoms with Crippen LogP contribution in [0.25, 0.3) is 0 Å². The van der Waals surface area contributed by atoms with Crippen molar-refractivity contribution in [2.24, 2.45) is 0 Å². The molecule has 1 saturated heterocycles. The lowest BCUT2D eigenvalue weighted by Gasteiger charge is -2.27. The van der Waals surface area contributed by atoms with Gasteiger partial charge in [0, 0.05) is 12.6 Å². The molecule has 0 amide bonds. The second-order valence-electron chi connectivity index (χ2n) is 6.20. The van der Waals surface area contributed by atoms with E-state index in [2.05, 4.69) is 4.72 Å². The van der Waals surface area contributed by atoms with Crippen molar-refractivity contribution >= 4 is 16.2 Å². The quantitative estimate of drug-likeness (QED) is 0.777. The third kappa shape index (κ3) is 3.90. The minimum absolute atomic E-state index is 0.0462. The van der Waals surface area contributed by atoms with Crippen molar-refractivity contribution in [1.29, 1.82) is 0 Å². The van der Waals surface area contributed by atoms with Crippen LogP contribution in [0.4, 0.5) is 0 Å². The summed E-state index contributed by atoms with van der Waals surface area (Å²) in [5.41, 5.74) is -0.598. The summed E-state index contributed by atoms with van der Waals surface area (Å²) in [5, 5.41) is 0. The number of carbonyl (C=O) groups is 1. The first-order valence-corrected chi connectivity index (χ1v) is 8.15. The number of hydrogen-bond acceptors (Lipinski definition) is 4. The summed E-state index contributed by atoms with van der Waals surface area (Å²) in [6, 6.07) is -0.639. The average Bonchev–Trinajstić information content (AvgIpc) is 2.89. The Balaban J connectivity index is 2.05. The van der Waals surface area contributed by atoms with Gasteiger partial charge in [-0.2, -0.15) is 17.4 Å². The highest BCUT2D eigenvalue weighted by Crippen LogP contribution is 2.26. The predicted octanol–water partition coefficient (Wildman–Crippen LogP) is 0.789. The molecular formula is C12H22N2O4S. The standard InChI is InChI=1S/C12H22N2O4S/c1-12(2,3)18-11(15)10-5-4-8-14(10)19(16,17)13-9-6-7-9/h9-10,13H,4-8H2,1-3H3/t10-/m0/s1. The van der Waals surface area contributed by atoms with Gasteiger partial charge in [0.05, 0.1) is 0 Å². The smallest absolute Gasteiger partial charge is 0.325 e. The molecule has 1 N–H and O–H groups in total. The number of rotatable bonds is 4. The molecule has 1 atom stereocenters. The summed E-state index contributed by atoms with van der Waals surface area (Å²) in [6.07, 6.45) is 2.98. The number of nitrogens with zero attached hydrogens (tertiary/aromatic N) is 1. The zero-order chi connectivity index (χ0) is 14.3. The van der Waals surface area contributed by atoms with E-state index in [0.717, 1.165) is 12.8 Å². The molecule has 1 aliphatic carbocycles. The SMILES string of the molecule is CC(C)(C)OC(=O)[C@@H]1CCCN1S(=O)(=O)NC1CC1. The zero-order valence-corrected chi connectivity index (χ0v) is 12.5. The van der Waals surface area contributed by atoms with Gasteiger partial charge in [0.25, 0.3) is 10.2 Å². The van der Waals surface area contributed by atoms with Crippen molar-refractivity contribution in [3.63, 3.8) is 0 Å². The largest absolute Gasteiger partial charge is 0.459 e. The molecule has 0 bridgehead atoms. The Labute approximate surface area is 114 Å². The number of ether oxygens (including phenoxy) is 1. The Morgan fingerprint density at radius 2 is 1.89 bits per heavy atom. The molecule has 7 heteroatoms. The number of nitrogens with one attached hydrogen (secondary N) is 1. The van der Waals surface area contributed by atoms with E-state index in [1.54, 1.807) is 20.8 Å². The summed E-state index contributed by atoms with van der Waals surface area (Å²) in [7, 11) is -3.56. The van der Waals surface area contributed by atoms with Crippen molar-refractivity contribution in [2.75, 3.05) is 6.54 Å². The first-order chi connectivity index (χ1) is 8.69. The van der Waals surface area contributed by atoms with Gasteiger partial charge in [-0.05, 0) is 46.5 Å². The molecule has 110 valence electrons. The Morgan fingerprint density at radius 1 is 1.26 bits per heavy atom. The Bertz CT molecular complexity index is 451. The summed E-state index contributed by atoms with van der Waals surface area (Å²) in [6.45, 7) is 5.72. The van der Waals surface area contributed by atoms with E-state index >= 15 is 0 Å². The minimum atomic E-state index is -3.56. The summed E-state index contributed by atoms with van der Waals surface area (Å²) >= 11 is 0. The van der Waals surface area contributed by atoms with Gasteiger partial charge >= 0.3 is 5.97 Å². The van der Waals surface area contributed by atoms with Crippen LogP contribution in [0.3, 0.4) is 0 Å². The van der Waals surface area contributed by atoms with Crippen molar-refractivity contribution < 1.29 is 17.9 Å². The molecule has 1 heterocycles. The van der Waals surface area contributed by atoms with Crippen molar-refractivity contribution in [3.8, 4) is 0 Å². The highest BCUT2D eigenvalue weighted by atomic mass is 32.2. The Hall–Kier alpha value is -0.660. The Morgan fingerprint density at radius 3 is 2.42 bits per heavy atom. The first-order valence-electron chi connectivity index (χ1n) is 6.71. The zero-order valence-electron chi connectivity index (χ0n) is 11.7. The van der Waals surface area contributed by atoms with Gasteiger partial charge in [-0.15, -0.1) is 0 Å². The Kier molecular flexibility index (Phi) is 3.90. The van der Waals surface area contributed by atoms with E-state index in [1.807, 2.05) is 0 Å². The molecule has 0 aromatic carbocycles.